The minimum absolute atomic E-state index is 0.342. The molecule has 0 rings (SSSR count). The van der Waals surface area contributed by atoms with E-state index >= 15 is 0 Å². The maximum absolute atomic E-state index is 5.49. The molecule has 0 saturated heterocycles. The van der Waals surface area contributed by atoms with Crippen LogP contribution in [0.25, 0.3) is 0 Å². The lowest BCUT2D eigenvalue weighted by atomic mass is 10.0. The van der Waals surface area contributed by atoms with Crippen LogP contribution in [-0.2, 0) is 4.74 Å². The molecule has 3 heteroatoms. The van der Waals surface area contributed by atoms with Gasteiger partial charge in [0.15, 0.2) is 0 Å². The van der Waals surface area contributed by atoms with E-state index in [9.17, 15) is 0 Å². The second-order valence-electron chi connectivity index (χ2n) is 4.19. The average Bonchev–Trinajstić information content (AvgIpc) is 2.24. The van der Waals surface area contributed by atoms with Crippen LogP contribution in [0.1, 0.15) is 40.5 Å². The van der Waals surface area contributed by atoms with Gasteiger partial charge < -0.3 is 10.1 Å². The Hall–Kier alpha value is 0.270. The number of thioether (sulfide) groups is 1. The first-order valence-corrected chi connectivity index (χ1v) is 7.20. The van der Waals surface area contributed by atoms with Crippen molar-refractivity contribution in [3.8, 4) is 0 Å². The smallest absolute Gasteiger partial charge is 0.0594 e. The Morgan fingerprint density at radius 3 is 2.27 bits per heavy atom. The fourth-order valence-electron chi connectivity index (χ4n) is 1.54. The monoisotopic (exact) mass is 233 g/mol. The summed E-state index contributed by atoms with van der Waals surface area (Å²) in [5.74, 6) is 0. The van der Waals surface area contributed by atoms with Gasteiger partial charge in [-0.25, -0.2) is 0 Å². The Balaban J connectivity index is 3.63. The molecule has 0 aromatic carbocycles. The first-order valence-electron chi connectivity index (χ1n) is 5.97. The van der Waals surface area contributed by atoms with E-state index in [0.29, 0.717) is 10.9 Å². The van der Waals surface area contributed by atoms with Crippen LogP contribution in [0.5, 0.6) is 0 Å². The molecule has 0 aromatic rings. The summed E-state index contributed by atoms with van der Waals surface area (Å²) in [7, 11) is 0. The second-order valence-corrected chi connectivity index (χ2v) is 5.46. The molecule has 1 N–H and O–H groups in total. The minimum Gasteiger partial charge on any atom is -0.377 e. The van der Waals surface area contributed by atoms with Crippen LogP contribution in [0.2, 0.25) is 0 Å². The summed E-state index contributed by atoms with van der Waals surface area (Å²) in [6.07, 6.45) is 5.00. The predicted octanol–water partition coefficient (Wildman–Crippen LogP) is 2.92. The van der Waals surface area contributed by atoms with Crippen molar-refractivity contribution in [3.63, 3.8) is 0 Å². The fraction of sp³-hybridized carbons (Fsp3) is 1.00. The zero-order valence-electron chi connectivity index (χ0n) is 10.9. The van der Waals surface area contributed by atoms with Crippen molar-refractivity contribution in [2.45, 2.75) is 51.4 Å². The molecular formula is C12H27NOS. The quantitative estimate of drug-likeness (QED) is 0.619. The zero-order chi connectivity index (χ0) is 11.7. The maximum atomic E-state index is 5.49. The molecule has 0 atom stereocenters. The van der Waals surface area contributed by atoms with E-state index in [-0.39, 0.29) is 0 Å². The fourth-order valence-corrected chi connectivity index (χ4v) is 2.37. The second kappa shape index (κ2) is 8.43. The summed E-state index contributed by atoms with van der Waals surface area (Å²) < 4.78 is 5.90. The molecule has 0 radical (unpaired) electrons. The first kappa shape index (κ1) is 15.3. The minimum atomic E-state index is 0.342. The van der Waals surface area contributed by atoms with Gasteiger partial charge in [0.05, 0.1) is 12.7 Å². The lowest BCUT2D eigenvalue weighted by Gasteiger charge is -2.30. The van der Waals surface area contributed by atoms with Crippen LogP contribution >= 0.6 is 11.8 Å². The van der Waals surface area contributed by atoms with E-state index in [1.165, 1.54) is 12.8 Å². The van der Waals surface area contributed by atoms with Crippen LogP contribution in [0.15, 0.2) is 0 Å². The van der Waals surface area contributed by atoms with E-state index < -0.39 is 0 Å². The molecule has 0 aromatic heterocycles. The van der Waals surface area contributed by atoms with Gasteiger partial charge in [-0.1, -0.05) is 13.8 Å². The number of hydrogen-bond donors (Lipinski definition) is 1. The van der Waals surface area contributed by atoms with Crippen molar-refractivity contribution in [3.05, 3.63) is 0 Å². The van der Waals surface area contributed by atoms with E-state index in [1.807, 2.05) is 11.8 Å². The third kappa shape index (κ3) is 6.44. The molecule has 0 saturated carbocycles. The van der Waals surface area contributed by atoms with E-state index in [4.69, 9.17) is 4.74 Å². The molecule has 0 unspecified atom stereocenters. The van der Waals surface area contributed by atoms with Gasteiger partial charge in [0.25, 0.3) is 0 Å². The summed E-state index contributed by atoms with van der Waals surface area (Å²) in [5.41, 5.74) is 0. The van der Waals surface area contributed by atoms with Gasteiger partial charge >= 0.3 is 0 Å². The Bertz CT molecular complexity index is 138. The topological polar surface area (TPSA) is 21.3 Å². The summed E-state index contributed by atoms with van der Waals surface area (Å²) in [6.45, 7) is 11.5. The van der Waals surface area contributed by atoms with Gasteiger partial charge in [-0.05, 0) is 32.9 Å². The van der Waals surface area contributed by atoms with Crippen molar-refractivity contribution in [1.82, 2.24) is 5.32 Å². The van der Waals surface area contributed by atoms with E-state index in [2.05, 4.69) is 39.3 Å². The molecule has 0 aliphatic rings. The number of nitrogens with one attached hydrogen (secondary N) is 1. The third-order valence-corrected chi connectivity index (χ3v) is 4.49. The molecule has 15 heavy (non-hydrogen) atoms. The Morgan fingerprint density at radius 1 is 1.27 bits per heavy atom. The van der Waals surface area contributed by atoms with Gasteiger partial charge in [-0.15, -0.1) is 0 Å². The highest BCUT2D eigenvalue weighted by atomic mass is 32.2. The van der Waals surface area contributed by atoms with Crippen LogP contribution in [-0.4, -0.2) is 36.8 Å². The number of ether oxygens (including phenoxy) is 1. The van der Waals surface area contributed by atoms with Crippen LogP contribution in [0.4, 0.5) is 0 Å². The lowest BCUT2D eigenvalue weighted by molar-refractivity contribution is 0.0805. The summed E-state index contributed by atoms with van der Waals surface area (Å²) in [6, 6.07) is 0. The molecule has 0 amide bonds. The molecule has 0 aliphatic heterocycles. The summed E-state index contributed by atoms with van der Waals surface area (Å²) >= 11 is 1.98. The van der Waals surface area contributed by atoms with Gasteiger partial charge in [-0.2, -0.15) is 11.8 Å². The molecule has 2 nitrogen and oxygen atoms in total. The number of rotatable bonds is 9. The van der Waals surface area contributed by atoms with Gasteiger partial charge in [0.1, 0.15) is 0 Å². The number of hydrogen-bond acceptors (Lipinski definition) is 3. The van der Waals surface area contributed by atoms with Crippen molar-refractivity contribution in [2.75, 3.05) is 26.0 Å². The summed E-state index contributed by atoms with van der Waals surface area (Å²) in [5, 5.41) is 3.49. The molecule has 0 fully saturated rings. The van der Waals surface area contributed by atoms with Crippen molar-refractivity contribution in [1.29, 1.82) is 0 Å². The maximum Gasteiger partial charge on any atom is 0.0594 e. The van der Waals surface area contributed by atoms with Crippen LogP contribution in [0, 0.1) is 0 Å². The molecule has 0 spiro atoms. The third-order valence-electron chi connectivity index (χ3n) is 2.90. The van der Waals surface area contributed by atoms with Crippen molar-refractivity contribution in [2.24, 2.45) is 0 Å². The average molecular weight is 233 g/mol. The van der Waals surface area contributed by atoms with Gasteiger partial charge in [0, 0.05) is 17.8 Å². The molecule has 0 bridgehead atoms. The zero-order valence-corrected chi connectivity index (χ0v) is 11.7. The van der Waals surface area contributed by atoms with Gasteiger partial charge in [-0.3, -0.25) is 0 Å². The molecule has 92 valence electrons. The summed E-state index contributed by atoms with van der Waals surface area (Å²) in [4.78, 5) is 0. The standard InChI is InChI=1S/C12H27NOS/c1-6-12(7-2,15-5)10-13-8-9-14-11(3)4/h11,13H,6-10H2,1-5H3. The Morgan fingerprint density at radius 2 is 1.87 bits per heavy atom. The van der Waals surface area contributed by atoms with E-state index in [1.54, 1.807) is 0 Å². The normalized spacial score (nSPS) is 12.4. The highest BCUT2D eigenvalue weighted by Crippen LogP contribution is 2.29. The molecule has 0 aliphatic carbocycles. The van der Waals surface area contributed by atoms with E-state index in [0.717, 1.165) is 19.7 Å². The van der Waals surface area contributed by atoms with Crippen LogP contribution in [0.3, 0.4) is 0 Å². The highest BCUT2D eigenvalue weighted by molar-refractivity contribution is 8.00. The molecule has 0 heterocycles. The van der Waals surface area contributed by atoms with Crippen molar-refractivity contribution >= 4 is 11.8 Å². The van der Waals surface area contributed by atoms with Crippen LogP contribution < -0.4 is 5.32 Å². The highest BCUT2D eigenvalue weighted by Gasteiger charge is 2.23. The first-order chi connectivity index (χ1) is 7.10. The van der Waals surface area contributed by atoms with Crippen molar-refractivity contribution < 1.29 is 4.74 Å². The van der Waals surface area contributed by atoms with Gasteiger partial charge in [0.2, 0.25) is 0 Å². The SMILES string of the molecule is CCC(CC)(CNCCOC(C)C)SC. The lowest BCUT2D eigenvalue weighted by Crippen LogP contribution is -2.38. The predicted molar refractivity (Wildman–Crippen MR) is 70.8 cm³/mol. The molecular weight excluding hydrogens is 206 g/mol. The Labute approximate surface area is 99.5 Å². The Kier molecular flexibility index (Phi) is 8.58. The largest absolute Gasteiger partial charge is 0.377 e.